The minimum Gasteiger partial charge on any atom is -0.497 e. The van der Waals surface area contributed by atoms with E-state index in [1.807, 2.05) is 25.1 Å². The van der Waals surface area contributed by atoms with Gasteiger partial charge in [-0.2, -0.15) is 0 Å². The smallest absolute Gasteiger partial charge is 0.170 e. The lowest BCUT2D eigenvalue weighted by Gasteiger charge is -2.31. The van der Waals surface area contributed by atoms with Gasteiger partial charge in [-0.3, -0.25) is 9.69 Å². The van der Waals surface area contributed by atoms with Gasteiger partial charge in [-0.25, -0.2) is 0 Å². The fourth-order valence-corrected chi connectivity index (χ4v) is 3.43. The third-order valence-corrected chi connectivity index (χ3v) is 4.73. The fourth-order valence-electron chi connectivity index (χ4n) is 3.43. The summed E-state index contributed by atoms with van der Waals surface area (Å²) < 4.78 is 16.3. The highest BCUT2D eigenvalue weighted by Gasteiger charge is 2.28. The van der Waals surface area contributed by atoms with E-state index in [2.05, 4.69) is 4.90 Å². The number of aryl methyl sites for hydroxylation is 1. The van der Waals surface area contributed by atoms with Crippen LogP contribution in [0.4, 0.5) is 0 Å². The number of methoxy groups -OCH3 is 2. The van der Waals surface area contributed by atoms with Crippen molar-refractivity contribution in [2.24, 2.45) is 5.92 Å². The number of likely N-dealkylation sites (tertiary alicyclic amines) is 1. The van der Waals surface area contributed by atoms with Crippen molar-refractivity contribution < 1.29 is 18.7 Å². The molecule has 134 valence electrons. The zero-order valence-electron chi connectivity index (χ0n) is 15.1. The van der Waals surface area contributed by atoms with E-state index in [0.29, 0.717) is 17.1 Å². The van der Waals surface area contributed by atoms with Crippen molar-refractivity contribution in [1.29, 1.82) is 0 Å². The lowest BCUT2D eigenvalue weighted by molar-refractivity contribution is 0.0799. The maximum absolute atomic E-state index is 13.0. The standard InChI is InChI=1S/C20H25NO4/c1-14-6-7-17(25-14)13-21-10-4-5-15(12-21)20(22)18-9-8-16(23-2)11-19(18)24-3/h6-9,11,15H,4-5,10,12-13H2,1-3H3/t15-/m1/s1. The maximum atomic E-state index is 13.0. The number of carbonyl (C=O) groups is 1. The Hall–Kier alpha value is -2.27. The minimum absolute atomic E-state index is 0.0212. The highest BCUT2D eigenvalue weighted by molar-refractivity contribution is 6.00. The molecule has 0 saturated carbocycles. The van der Waals surface area contributed by atoms with Gasteiger partial charge in [0.1, 0.15) is 23.0 Å². The maximum Gasteiger partial charge on any atom is 0.170 e. The van der Waals surface area contributed by atoms with Gasteiger partial charge in [0.15, 0.2) is 5.78 Å². The number of piperidine rings is 1. The first-order valence-electron chi connectivity index (χ1n) is 8.64. The second kappa shape index (κ2) is 7.74. The zero-order chi connectivity index (χ0) is 17.8. The van der Waals surface area contributed by atoms with Crippen LogP contribution in [0.1, 0.15) is 34.7 Å². The topological polar surface area (TPSA) is 51.9 Å². The van der Waals surface area contributed by atoms with E-state index < -0.39 is 0 Å². The van der Waals surface area contributed by atoms with Crippen molar-refractivity contribution in [3.63, 3.8) is 0 Å². The molecule has 0 aliphatic carbocycles. The number of hydrogen-bond donors (Lipinski definition) is 0. The van der Waals surface area contributed by atoms with Crippen molar-refractivity contribution in [2.45, 2.75) is 26.3 Å². The Morgan fingerprint density at radius 3 is 2.76 bits per heavy atom. The molecule has 0 unspecified atom stereocenters. The number of rotatable bonds is 6. The van der Waals surface area contributed by atoms with Crippen LogP contribution in [-0.4, -0.2) is 38.0 Å². The quantitative estimate of drug-likeness (QED) is 0.749. The van der Waals surface area contributed by atoms with Gasteiger partial charge in [-0.05, 0) is 50.6 Å². The molecule has 0 amide bonds. The predicted octanol–water partition coefficient (Wildman–Crippen LogP) is 3.70. The molecule has 5 heteroatoms. The summed E-state index contributed by atoms with van der Waals surface area (Å²) in [5.74, 6) is 3.25. The molecule has 3 rings (SSSR count). The lowest BCUT2D eigenvalue weighted by atomic mass is 9.89. The molecule has 1 fully saturated rings. The molecule has 1 aromatic carbocycles. The van der Waals surface area contributed by atoms with Crippen LogP contribution in [0.3, 0.4) is 0 Å². The summed E-state index contributed by atoms with van der Waals surface area (Å²) in [5, 5.41) is 0. The molecule has 1 saturated heterocycles. The Balaban J connectivity index is 1.71. The Labute approximate surface area is 148 Å². The minimum atomic E-state index is -0.0212. The summed E-state index contributed by atoms with van der Waals surface area (Å²) in [7, 11) is 3.18. The fraction of sp³-hybridized carbons (Fsp3) is 0.450. The van der Waals surface area contributed by atoms with Gasteiger partial charge < -0.3 is 13.9 Å². The van der Waals surface area contributed by atoms with Crippen molar-refractivity contribution >= 4 is 5.78 Å². The number of Topliss-reactive ketones (excluding diaryl/α,β-unsaturated/α-hetero) is 1. The first kappa shape index (κ1) is 17.5. The lowest BCUT2D eigenvalue weighted by Crippen LogP contribution is -2.38. The SMILES string of the molecule is COc1ccc(C(=O)[C@@H]2CCCN(Cc3ccc(C)o3)C2)c(OC)c1. The number of hydrogen-bond acceptors (Lipinski definition) is 5. The second-order valence-electron chi connectivity index (χ2n) is 6.52. The van der Waals surface area contributed by atoms with Crippen LogP contribution in [0.25, 0.3) is 0 Å². The first-order valence-corrected chi connectivity index (χ1v) is 8.64. The van der Waals surface area contributed by atoms with Crippen molar-refractivity contribution in [2.75, 3.05) is 27.3 Å². The summed E-state index contributed by atoms with van der Waals surface area (Å²) in [6.45, 7) is 4.43. The highest BCUT2D eigenvalue weighted by atomic mass is 16.5. The van der Waals surface area contributed by atoms with Crippen LogP contribution in [0.5, 0.6) is 11.5 Å². The third-order valence-electron chi connectivity index (χ3n) is 4.73. The number of furan rings is 1. The van der Waals surface area contributed by atoms with Crippen LogP contribution < -0.4 is 9.47 Å². The number of ketones is 1. The van der Waals surface area contributed by atoms with E-state index in [9.17, 15) is 4.79 Å². The molecule has 1 atom stereocenters. The average molecular weight is 343 g/mol. The number of carbonyl (C=O) groups excluding carboxylic acids is 1. The van der Waals surface area contributed by atoms with E-state index in [0.717, 1.165) is 44.0 Å². The molecular formula is C20H25NO4. The molecule has 1 aliphatic rings. The molecule has 0 spiro atoms. The van der Waals surface area contributed by atoms with Crippen molar-refractivity contribution in [3.05, 3.63) is 47.4 Å². The molecule has 0 bridgehead atoms. The summed E-state index contributed by atoms with van der Waals surface area (Å²) in [5.41, 5.74) is 0.629. The molecule has 25 heavy (non-hydrogen) atoms. The van der Waals surface area contributed by atoms with Crippen molar-refractivity contribution in [3.8, 4) is 11.5 Å². The number of ether oxygens (including phenoxy) is 2. The molecular weight excluding hydrogens is 318 g/mol. The van der Waals surface area contributed by atoms with E-state index in [1.54, 1.807) is 26.4 Å². The zero-order valence-corrected chi connectivity index (χ0v) is 15.1. The van der Waals surface area contributed by atoms with Crippen molar-refractivity contribution in [1.82, 2.24) is 4.90 Å². The van der Waals surface area contributed by atoms with Gasteiger partial charge in [-0.15, -0.1) is 0 Å². The largest absolute Gasteiger partial charge is 0.497 e. The van der Waals surface area contributed by atoms with Gasteiger partial charge in [0, 0.05) is 18.5 Å². The summed E-state index contributed by atoms with van der Waals surface area (Å²) in [6.07, 6.45) is 1.91. The van der Waals surface area contributed by atoms with E-state index in [-0.39, 0.29) is 11.7 Å². The van der Waals surface area contributed by atoms with E-state index >= 15 is 0 Å². The van der Waals surface area contributed by atoms with Crippen LogP contribution in [-0.2, 0) is 6.54 Å². The van der Waals surface area contributed by atoms with Crippen LogP contribution in [0.2, 0.25) is 0 Å². The number of nitrogens with zero attached hydrogens (tertiary/aromatic N) is 1. The van der Waals surface area contributed by atoms with E-state index in [1.165, 1.54) is 0 Å². The normalized spacial score (nSPS) is 18.1. The molecule has 1 aliphatic heterocycles. The molecule has 2 heterocycles. The second-order valence-corrected chi connectivity index (χ2v) is 6.52. The third kappa shape index (κ3) is 4.04. The Kier molecular flexibility index (Phi) is 5.43. The Morgan fingerprint density at radius 1 is 1.24 bits per heavy atom. The Bertz CT molecular complexity index is 737. The first-order chi connectivity index (χ1) is 12.1. The molecule has 1 aromatic heterocycles. The van der Waals surface area contributed by atoms with Gasteiger partial charge in [0.2, 0.25) is 0 Å². The van der Waals surface area contributed by atoms with Crippen LogP contribution in [0.15, 0.2) is 34.7 Å². The van der Waals surface area contributed by atoms with E-state index in [4.69, 9.17) is 13.9 Å². The molecule has 5 nitrogen and oxygen atoms in total. The summed E-state index contributed by atoms with van der Waals surface area (Å²) in [6, 6.07) is 9.35. The van der Waals surface area contributed by atoms with Gasteiger partial charge in [0.05, 0.1) is 26.3 Å². The van der Waals surface area contributed by atoms with Crippen LogP contribution in [0, 0.1) is 12.8 Å². The van der Waals surface area contributed by atoms with Gasteiger partial charge in [0.25, 0.3) is 0 Å². The van der Waals surface area contributed by atoms with Gasteiger partial charge >= 0.3 is 0 Å². The molecule has 2 aromatic rings. The summed E-state index contributed by atoms with van der Waals surface area (Å²) >= 11 is 0. The summed E-state index contributed by atoms with van der Waals surface area (Å²) in [4.78, 5) is 15.3. The number of benzene rings is 1. The monoisotopic (exact) mass is 343 g/mol. The molecule has 0 N–H and O–H groups in total. The average Bonchev–Trinajstić information content (AvgIpc) is 3.05. The molecule has 0 radical (unpaired) electrons. The van der Waals surface area contributed by atoms with Gasteiger partial charge in [-0.1, -0.05) is 0 Å². The Morgan fingerprint density at radius 2 is 2.08 bits per heavy atom. The predicted molar refractivity (Wildman–Crippen MR) is 95.3 cm³/mol. The highest BCUT2D eigenvalue weighted by Crippen LogP contribution is 2.30. The van der Waals surface area contributed by atoms with Crippen LogP contribution >= 0.6 is 0 Å².